The molecule has 0 unspecified atom stereocenters. The fourth-order valence-electron chi connectivity index (χ4n) is 3.36. The predicted octanol–water partition coefficient (Wildman–Crippen LogP) is 3.42. The Morgan fingerprint density at radius 1 is 1.37 bits per heavy atom. The van der Waals surface area contributed by atoms with Crippen LogP contribution in [0.4, 0.5) is 11.8 Å². The van der Waals surface area contributed by atoms with E-state index in [0.717, 1.165) is 42.3 Å². The zero-order valence-corrected chi connectivity index (χ0v) is 16.3. The minimum atomic E-state index is -0.177. The number of anilines is 2. The molecule has 144 valence electrons. The van der Waals surface area contributed by atoms with Crippen LogP contribution in [-0.2, 0) is 21.6 Å². The number of fused-ring (bicyclic) bond motifs is 1. The van der Waals surface area contributed by atoms with Crippen molar-refractivity contribution >= 4 is 17.4 Å². The zero-order chi connectivity index (χ0) is 19.0. The van der Waals surface area contributed by atoms with Gasteiger partial charge >= 0.3 is 0 Å². The van der Waals surface area contributed by atoms with Crippen molar-refractivity contribution in [2.24, 2.45) is 0 Å². The number of rotatable bonds is 5. The third kappa shape index (κ3) is 3.54. The van der Waals surface area contributed by atoms with Gasteiger partial charge in [0, 0.05) is 32.2 Å². The monoisotopic (exact) mass is 370 g/mol. The first kappa shape index (κ1) is 17.9. The Bertz CT molecular complexity index is 933. The van der Waals surface area contributed by atoms with Gasteiger partial charge in [0.1, 0.15) is 17.6 Å². The number of ether oxygens (including phenoxy) is 2. The summed E-state index contributed by atoms with van der Waals surface area (Å²) in [6.07, 6.45) is 5.84. The molecule has 27 heavy (non-hydrogen) atoms. The Labute approximate surface area is 158 Å². The maximum Gasteiger partial charge on any atom is 0.214 e. The van der Waals surface area contributed by atoms with E-state index in [9.17, 15) is 0 Å². The van der Waals surface area contributed by atoms with Crippen molar-refractivity contribution in [3.63, 3.8) is 0 Å². The average Bonchev–Trinajstić information content (AvgIpc) is 3.33. The zero-order valence-electron chi connectivity index (χ0n) is 16.3. The van der Waals surface area contributed by atoms with Gasteiger partial charge in [0.2, 0.25) is 5.95 Å². The van der Waals surface area contributed by atoms with Gasteiger partial charge in [-0.05, 0) is 39.7 Å². The average molecular weight is 370 g/mol. The summed E-state index contributed by atoms with van der Waals surface area (Å²) < 4.78 is 14.9. The quantitative estimate of drug-likeness (QED) is 0.741. The maximum atomic E-state index is 5.82. The van der Waals surface area contributed by atoms with E-state index >= 15 is 0 Å². The molecule has 1 atom stereocenters. The molecule has 1 aliphatic heterocycles. The lowest BCUT2D eigenvalue weighted by Crippen LogP contribution is -2.25. The number of hydrogen-bond acceptors (Lipinski definition) is 6. The van der Waals surface area contributed by atoms with Crippen LogP contribution in [0.15, 0.2) is 24.5 Å². The molecule has 3 aromatic heterocycles. The first-order chi connectivity index (χ1) is 13.0. The fraction of sp³-hybridized carbons (Fsp3) is 0.526. The summed E-state index contributed by atoms with van der Waals surface area (Å²) in [5, 5.41) is 8.27. The smallest absolute Gasteiger partial charge is 0.214 e. The van der Waals surface area contributed by atoms with Gasteiger partial charge in [0.25, 0.3) is 0 Å². The number of hydrogen-bond donors (Lipinski definition) is 1. The molecule has 8 heteroatoms. The topological polar surface area (TPSA) is 78.5 Å². The number of imidazole rings is 1. The summed E-state index contributed by atoms with van der Waals surface area (Å²) in [7, 11) is 1.66. The van der Waals surface area contributed by atoms with Crippen LogP contribution >= 0.6 is 0 Å². The van der Waals surface area contributed by atoms with Crippen molar-refractivity contribution in [3.05, 3.63) is 35.9 Å². The normalized spacial score (nSPS) is 17.7. The minimum Gasteiger partial charge on any atom is -0.378 e. The highest BCUT2D eigenvalue weighted by Gasteiger charge is 2.26. The summed E-state index contributed by atoms with van der Waals surface area (Å²) in [4.78, 5) is 9.06. The molecule has 8 nitrogen and oxygen atoms in total. The third-order valence-corrected chi connectivity index (χ3v) is 4.59. The van der Waals surface area contributed by atoms with Gasteiger partial charge in [-0.15, -0.1) is 0 Å². The molecule has 0 saturated carbocycles. The Hall–Kier alpha value is -2.45. The van der Waals surface area contributed by atoms with Crippen LogP contribution < -0.4 is 5.32 Å². The van der Waals surface area contributed by atoms with Crippen molar-refractivity contribution in [3.8, 4) is 0 Å². The molecule has 4 heterocycles. The molecule has 0 aliphatic carbocycles. The van der Waals surface area contributed by atoms with E-state index in [0.29, 0.717) is 12.6 Å². The van der Waals surface area contributed by atoms with E-state index in [-0.39, 0.29) is 11.6 Å². The first-order valence-electron chi connectivity index (χ1n) is 9.27. The van der Waals surface area contributed by atoms with Crippen LogP contribution in [0.25, 0.3) is 5.65 Å². The van der Waals surface area contributed by atoms with Gasteiger partial charge < -0.3 is 14.8 Å². The molecular weight excluding hydrogens is 344 g/mol. The number of aromatic nitrogens is 5. The van der Waals surface area contributed by atoms with Crippen LogP contribution in [0, 0.1) is 0 Å². The second-order valence-corrected chi connectivity index (χ2v) is 7.83. The van der Waals surface area contributed by atoms with Crippen LogP contribution in [0.2, 0.25) is 0 Å². The number of methoxy groups -OCH3 is 1. The molecule has 1 aliphatic rings. The van der Waals surface area contributed by atoms with Gasteiger partial charge in [-0.2, -0.15) is 5.10 Å². The van der Waals surface area contributed by atoms with E-state index in [1.807, 2.05) is 21.3 Å². The second kappa shape index (κ2) is 6.94. The Kier molecular flexibility index (Phi) is 4.61. The largest absolute Gasteiger partial charge is 0.378 e. The molecular formula is C19H26N6O2. The number of nitrogens with zero attached hydrogens (tertiary/aromatic N) is 5. The molecule has 3 aromatic rings. The van der Waals surface area contributed by atoms with E-state index in [4.69, 9.17) is 14.6 Å². The van der Waals surface area contributed by atoms with Crippen LogP contribution in [0.1, 0.15) is 51.1 Å². The lowest BCUT2D eigenvalue weighted by molar-refractivity contribution is 0.107. The lowest BCUT2D eigenvalue weighted by Gasteiger charge is -2.22. The first-order valence-corrected chi connectivity index (χ1v) is 9.27. The minimum absolute atomic E-state index is 0.0689. The van der Waals surface area contributed by atoms with Crippen LogP contribution in [-0.4, -0.2) is 37.9 Å². The fourth-order valence-corrected chi connectivity index (χ4v) is 3.36. The Morgan fingerprint density at radius 2 is 2.22 bits per heavy atom. The summed E-state index contributed by atoms with van der Waals surface area (Å²) in [6.45, 7) is 7.66. The molecule has 1 saturated heterocycles. The van der Waals surface area contributed by atoms with E-state index < -0.39 is 0 Å². The summed E-state index contributed by atoms with van der Waals surface area (Å²) >= 11 is 0. The SMILES string of the molecule is COCc1cn2c(Nc3cc([C@H]4CCCO4)nn3C(C)(C)C)nccc2n1. The molecule has 0 spiro atoms. The van der Waals surface area contributed by atoms with Crippen LogP contribution in [0.5, 0.6) is 0 Å². The van der Waals surface area contributed by atoms with Gasteiger partial charge in [0.15, 0.2) is 0 Å². The van der Waals surface area contributed by atoms with Gasteiger partial charge in [-0.3, -0.25) is 4.40 Å². The lowest BCUT2D eigenvalue weighted by atomic mass is 10.1. The molecule has 0 radical (unpaired) electrons. The second-order valence-electron chi connectivity index (χ2n) is 7.83. The van der Waals surface area contributed by atoms with Crippen molar-refractivity contribution in [1.82, 2.24) is 24.1 Å². The van der Waals surface area contributed by atoms with Crippen molar-refractivity contribution in [2.75, 3.05) is 19.0 Å². The van der Waals surface area contributed by atoms with E-state index in [2.05, 4.69) is 42.1 Å². The standard InChI is InChI=1S/C19H26N6O2/c1-19(2,3)25-17(10-14(23-25)15-6-5-9-27-15)22-18-20-8-7-16-21-13(12-26-4)11-24(16)18/h7-8,10-11,15H,5-6,9,12H2,1-4H3,(H,20,22)/t15-/m1/s1. The van der Waals surface area contributed by atoms with Crippen molar-refractivity contribution in [2.45, 2.75) is 51.9 Å². The Balaban J connectivity index is 1.72. The predicted molar refractivity (Wildman–Crippen MR) is 102 cm³/mol. The van der Waals surface area contributed by atoms with Gasteiger partial charge in [-0.1, -0.05) is 0 Å². The summed E-state index contributed by atoms with van der Waals surface area (Å²) in [5.74, 6) is 1.57. The highest BCUT2D eigenvalue weighted by Crippen LogP contribution is 2.32. The van der Waals surface area contributed by atoms with Gasteiger partial charge in [0.05, 0.1) is 23.5 Å². The molecule has 1 fully saturated rings. The van der Waals surface area contributed by atoms with Crippen molar-refractivity contribution < 1.29 is 9.47 Å². The number of nitrogens with one attached hydrogen (secondary N) is 1. The molecule has 0 bridgehead atoms. The molecule has 1 N–H and O–H groups in total. The molecule has 0 amide bonds. The van der Waals surface area contributed by atoms with Gasteiger partial charge in [-0.25, -0.2) is 14.6 Å². The summed E-state index contributed by atoms with van der Waals surface area (Å²) in [5.41, 5.74) is 2.46. The third-order valence-electron chi connectivity index (χ3n) is 4.59. The molecule has 4 rings (SSSR count). The summed E-state index contributed by atoms with van der Waals surface area (Å²) in [6, 6.07) is 3.94. The highest BCUT2D eigenvalue weighted by molar-refractivity contribution is 5.55. The maximum absolute atomic E-state index is 5.82. The Morgan fingerprint density at radius 3 is 2.93 bits per heavy atom. The highest BCUT2D eigenvalue weighted by atomic mass is 16.5. The van der Waals surface area contributed by atoms with E-state index in [1.165, 1.54) is 0 Å². The van der Waals surface area contributed by atoms with Crippen molar-refractivity contribution in [1.29, 1.82) is 0 Å². The van der Waals surface area contributed by atoms with E-state index in [1.54, 1.807) is 13.3 Å². The molecule has 0 aromatic carbocycles. The van der Waals surface area contributed by atoms with Crippen LogP contribution in [0.3, 0.4) is 0 Å².